The Kier molecular flexibility index (Phi) is 3.34. The van der Waals surface area contributed by atoms with Crippen molar-refractivity contribution in [3.63, 3.8) is 0 Å². The molecule has 0 spiro atoms. The third-order valence-electron chi connectivity index (χ3n) is 1.11. The van der Waals surface area contributed by atoms with Gasteiger partial charge in [-0.15, -0.1) is 11.8 Å². The van der Waals surface area contributed by atoms with Crippen LogP contribution in [-0.2, 0) is 0 Å². The zero-order valence-corrected chi connectivity index (χ0v) is 9.20. The van der Waals surface area contributed by atoms with Crippen LogP contribution in [0, 0.1) is 0 Å². The van der Waals surface area contributed by atoms with Crippen LogP contribution in [0.2, 0.25) is 0 Å². The molecule has 66 valence electrons. The minimum atomic E-state index is -0.131. The maximum absolute atomic E-state index is 11.1. The lowest BCUT2D eigenvalue weighted by atomic mass is 10.6. The van der Waals surface area contributed by atoms with E-state index >= 15 is 0 Å². The maximum atomic E-state index is 11.1. The lowest BCUT2D eigenvalue weighted by Gasteiger charge is -2.03. The van der Waals surface area contributed by atoms with Crippen LogP contribution in [0.1, 0.15) is 13.8 Å². The van der Waals surface area contributed by atoms with E-state index < -0.39 is 0 Å². The molecule has 0 aliphatic rings. The lowest BCUT2D eigenvalue weighted by Crippen LogP contribution is -2.08. The summed E-state index contributed by atoms with van der Waals surface area (Å²) < 4.78 is 0.517. The van der Waals surface area contributed by atoms with Crippen molar-refractivity contribution in [2.75, 3.05) is 0 Å². The van der Waals surface area contributed by atoms with Crippen LogP contribution in [0.15, 0.2) is 20.6 Å². The molecule has 0 aliphatic carbocycles. The molecule has 1 N–H and O–H groups in total. The second-order valence-corrected chi connectivity index (χ2v) is 4.88. The third-order valence-corrected chi connectivity index (χ3v) is 3.11. The molecule has 0 aromatic carbocycles. The molecule has 0 bridgehead atoms. The molecule has 5 heteroatoms. The van der Waals surface area contributed by atoms with E-state index in [4.69, 9.17) is 0 Å². The molecule has 0 unspecified atom stereocenters. The van der Waals surface area contributed by atoms with Gasteiger partial charge in [0, 0.05) is 5.25 Å². The van der Waals surface area contributed by atoms with Gasteiger partial charge >= 0.3 is 0 Å². The van der Waals surface area contributed by atoms with Gasteiger partial charge in [0.2, 0.25) is 0 Å². The van der Waals surface area contributed by atoms with Gasteiger partial charge in [-0.1, -0.05) is 13.8 Å². The minimum Gasteiger partial charge on any atom is -0.312 e. The standard InChI is InChI=1S/C7H9BrN2OS/c1-4(2)12-7-5(8)6(11)9-3-10-7/h3-4H,1-2H3,(H,9,10,11). The van der Waals surface area contributed by atoms with Crippen molar-refractivity contribution in [1.82, 2.24) is 9.97 Å². The van der Waals surface area contributed by atoms with E-state index in [0.717, 1.165) is 5.03 Å². The molecular weight excluding hydrogens is 240 g/mol. The molecule has 12 heavy (non-hydrogen) atoms. The number of H-pyrrole nitrogens is 1. The normalized spacial score (nSPS) is 10.7. The zero-order valence-electron chi connectivity index (χ0n) is 6.80. The SMILES string of the molecule is CC(C)Sc1nc[nH]c(=O)c1Br. The molecule has 3 nitrogen and oxygen atoms in total. The summed E-state index contributed by atoms with van der Waals surface area (Å²) in [4.78, 5) is 17.6. The summed E-state index contributed by atoms with van der Waals surface area (Å²) in [5, 5.41) is 1.17. The van der Waals surface area contributed by atoms with E-state index in [2.05, 4.69) is 39.7 Å². The van der Waals surface area contributed by atoms with Gasteiger partial charge in [-0.2, -0.15) is 0 Å². The second-order valence-electron chi connectivity index (χ2n) is 2.52. The first-order chi connectivity index (χ1) is 5.61. The Morgan fingerprint density at radius 3 is 2.92 bits per heavy atom. The summed E-state index contributed by atoms with van der Waals surface area (Å²) in [6.45, 7) is 4.11. The van der Waals surface area contributed by atoms with Crippen molar-refractivity contribution < 1.29 is 0 Å². The van der Waals surface area contributed by atoms with E-state index in [-0.39, 0.29) is 5.56 Å². The fourth-order valence-electron chi connectivity index (χ4n) is 0.672. The highest BCUT2D eigenvalue weighted by Gasteiger charge is 2.06. The summed E-state index contributed by atoms with van der Waals surface area (Å²) >= 11 is 4.74. The van der Waals surface area contributed by atoms with E-state index in [9.17, 15) is 4.79 Å². The molecule has 0 fully saturated rings. The number of aromatic amines is 1. The molecule has 0 atom stereocenters. The van der Waals surface area contributed by atoms with Gasteiger partial charge in [0.1, 0.15) is 9.50 Å². The van der Waals surface area contributed by atoms with E-state index in [0.29, 0.717) is 9.72 Å². The Balaban J connectivity index is 3.00. The Morgan fingerprint density at radius 1 is 1.67 bits per heavy atom. The number of aromatic nitrogens is 2. The molecule has 0 saturated carbocycles. The number of rotatable bonds is 2. The maximum Gasteiger partial charge on any atom is 0.266 e. The zero-order chi connectivity index (χ0) is 9.14. The molecule has 0 saturated heterocycles. The van der Waals surface area contributed by atoms with Gasteiger partial charge < -0.3 is 4.98 Å². The highest BCUT2D eigenvalue weighted by molar-refractivity contribution is 9.10. The predicted octanol–water partition coefficient (Wildman–Crippen LogP) is 2.03. The Bertz CT molecular complexity index is 323. The van der Waals surface area contributed by atoms with Gasteiger partial charge in [0.25, 0.3) is 5.56 Å². The summed E-state index contributed by atoms with van der Waals surface area (Å²) in [5.74, 6) is 0. The molecule has 1 rings (SSSR count). The topological polar surface area (TPSA) is 45.8 Å². The molecule has 0 amide bonds. The van der Waals surface area contributed by atoms with Gasteiger partial charge in [-0.25, -0.2) is 4.98 Å². The van der Waals surface area contributed by atoms with Crippen molar-refractivity contribution in [3.05, 3.63) is 21.2 Å². The van der Waals surface area contributed by atoms with Gasteiger partial charge in [0.05, 0.1) is 6.33 Å². The van der Waals surface area contributed by atoms with Crippen LogP contribution in [0.4, 0.5) is 0 Å². The van der Waals surface area contributed by atoms with Crippen LogP contribution >= 0.6 is 27.7 Å². The molecule has 0 aliphatic heterocycles. The van der Waals surface area contributed by atoms with Crippen LogP contribution in [0.5, 0.6) is 0 Å². The van der Waals surface area contributed by atoms with Crippen LogP contribution in [0.25, 0.3) is 0 Å². The van der Waals surface area contributed by atoms with Crippen molar-refractivity contribution in [2.45, 2.75) is 24.1 Å². The third kappa shape index (κ3) is 2.35. The average molecular weight is 249 g/mol. The smallest absolute Gasteiger partial charge is 0.266 e. The number of nitrogens with one attached hydrogen (secondary N) is 1. The monoisotopic (exact) mass is 248 g/mol. The number of hydrogen-bond acceptors (Lipinski definition) is 3. The summed E-state index contributed by atoms with van der Waals surface area (Å²) in [7, 11) is 0. The largest absolute Gasteiger partial charge is 0.312 e. The highest BCUT2D eigenvalue weighted by atomic mass is 79.9. The fraction of sp³-hybridized carbons (Fsp3) is 0.429. The predicted molar refractivity (Wildman–Crippen MR) is 53.6 cm³/mol. The van der Waals surface area contributed by atoms with Gasteiger partial charge in [0.15, 0.2) is 0 Å². The Morgan fingerprint density at radius 2 is 2.33 bits per heavy atom. The van der Waals surface area contributed by atoms with E-state index in [1.165, 1.54) is 6.33 Å². The molecular formula is C7H9BrN2OS. The number of halogens is 1. The molecule has 1 aromatic rings. The first-order valence-corrected chi connectivity index (χ1v) is 5.18. The van der Waals surface area contributed by atoms with Crippen molar-refractivity contribution in [1.29, 1.82) is 0 Å². The summed E-state index contributed by atoms with van der Waals surface area (Å²) in [6.07, 6.45) is 1.41. The van der Waals surface area contributed by atoms with Crippen molar-refractivity contribution in [2.24, 2.45) is 0 Å². The molecule has 1 heterocycles. The number of hydrogen-bond donors (Lipinski definition) is 1. The number of nitrogens with zero attached hydrogens (tertiary/aromatic N) is 1. The highest BCUT2D eigenvalue weighted by Crippen LogP contribution is 2.24. The van der Waals surface area contributed by atoms with Crippen LogP contribution in [-0.4, -0.2) is 15.2 Å². The average Bonchev–Trinajstić information content (AvgIpc) is 1.98. The lowest BCUT2D eigenvalue weighted by molar-refractivity contribution is 0.979. The molecule has 0 radical (unpaired) electrons. The Hall–Kier alpha value is -0.290. The first-order valence-electron chi connectivity index (χ1n) is 3.51. The Labute approximate surface area is 83.1 Å². The second kappa shape index (κ2) is 4.09. The van der Waals surface area contributed by atoms with Crippen molar-refractivity contribution in [3.8, 4) is 0 Å². The van der Waals surface area contributed by atoms with E-state index in [1.54, 1.807) is 11.8 Å². The molecule has 1 aromatic heterocycles. The van der Waals surface area contributed by atoms with Crippen LogP contribution < -0.4 is 5.56 Å². The van der Waals surface area contributed by atoms with E-state index in [1.807, 2.05) is 0 Å². The van der Waals surface area contributed by atoms with Gasteiger partial charge in [-0.05, 0) is 15.9 Å². The fourth-order valence-corrected chi connectivity index (χ4v) is 1.93. The summed E-state index contributed by atoms with van der Waals surface area (Å²) in [6, 6.07) is 0. The minimum absolute atomic E-state index is 0.131. The van der Waals surface area contributed by atoms with Crippen molar-refractivity contribution >= 4 is 27.7 Å². The first kappa shape index (κ1) is 9.80. The summed E-state index contributed by atoms with van der Waals surface area (Å²) in [5.41, 5.74) is -0.131. The van der Waals surface area contributed by atoms with Gasteiger partial charge in [-0.3, -0.25) is 4.79 Å². The number of thioether (sulfide) groups is 1. The van der Waals surface area contributed by atoms with Crippen LogP contribution in [0.3, 0.4) is 0 Å². The quantitative estimate of drug-likeness (QED) is 0.644.